The number of nitro groups is 1. The van der Waals surface area contributed by atoms with Crippen LogP contribution in [0.2, 0.25) is 5.02 Å². The summed E-state index contributed by atoms with van der Waals surface area (Å²) in [6.07, 6.45) is 1.38. The van der Waals surface area contributed by atoms with Crippen LogP contribution in [0.5, 0.6) is 0 Å². The van der Waals surface area contributed by atoms with E-state index in [1.165, 1.54) is 24.3 Å². The Morgan fingerprint density at radius 3 is 2.64 bits per heavy atom. The molecule has 1 aliphatic rings. The fourth-order valence-corrected chi connectivity index (χ4v) is 2.30. The van der Waals surface area contributed by atoms with E-state index in [9.17, 15) is 14.9 Å². The minimum Gasteiger partial charge on any atom is -0.414 e. The van der Waals surface area contributed by atoms with Gasteiger partial charge in [0.25, 0.3) is 5.69 Å². The molecule has 0 amide bonds. The molecule has 108 valence electrons. The first-order valence-corrected chi connectivity index (χ1v) is 6.66. The standard InChI is InChI=1S/C16H8ClNO4/c17-11-6-7-14(18(20)21)10(9-11)5-8-15-12-3-1-2-4-13(12)16(19)22-15/h1-7,9H. The van der Waals surface area contributed by atoms with Gasteiger partial charge in [-0.25, -0.2) is 4.79 Å². The van der Waals surface area contributed by atoms with Crippen LogP contribution in [0.15, 0.2) is 48.2 Å². The number of rotatable bonds is 2. The highest BCUT2D eigenvalue weighted by Gasteiger charge is 2.25. The van der Waals surface area contributed by atoms with Crippen LogP contribution in [0.25, 0.3) is 11.8 Å². The van der Waals surface area contributed by atoms with Crippen LogP contribution in [0, 0.1) is 10.1 Å². The minimum atomic E-state index is -0.511. The zero-order valence-corrected chi connectivity index (χ0v) is 11.8. The van der Waals surface area contributed by atoms with Gasteiger partial charge >= 0.3 is 5.97 Å². The molecule has 1 aliphatic heterocycles. The normalized spacial score (nSPS) is 12.4. The number of benzene rings is 2. The summed E-state index contributed by atoms with van der Waals surface area (Å²) in [5.74, 6) is -0.234. The summed E-state index contributed by atoms with van der Waals surface area (Å²) in [5, 5.41) is 11.4. The lowest BCUT2D eigenvalue weighted by atomic mass is 10.1. The van der Waals surface area contributed by atoms with Crippen molar-refractivity contribution in [3.63, 3.8) is 0 Å². The number of cyclic esters (lactones) is 1. The van der Waals surface area contributed by atoms with Crippen LogP contribution in [0.1, 0.15) is 21.5 Å². The molecular weight excluding hydrogens is 306 g/mol. The molecule has 0 aliphatic carbocycles. The molecule has 2 aromatic carbocycles. The van der Waals surface area contributed by atoms with Crippen LogP contribution in [0.3, 0.4) is 0 Å². The molecular formula is C16H8ClNO4. The summed E-state index contributed by atoms with van der Waals surface area (Å²) in [4.78, 5) is 22.2. The van der Waals surface area contributed by atoms with E-state index in [0.717, 1.165) is 0 Å². The number of nitrogens with zero attached hydrogens (tertiary/aromatic N) is 1. The number of esters is 1. The molecule has 6 heteroatoms. The van der Waals surface area contributed by atoms with E-state index in [4.69, 9.17) is 16.3 Å². The van der Waals surface area contributed by atoms with Crippen molar-refractivity contribution >= 4 is 35.1 Å². The Bertz CT molecular complexity index is 866. The van der Waals surface area contributed by atoms with Crippen LogP contribution >= 0.6 is 11.6 Å². The van der Waals surface area contributed by atoms with Crippen molar-refractivity contribution in [2.75, 3.05) is 0 Å². The van der Waals surface area contributed by atoms with Crippen molar-refractivity contribution < 1.29 is 14.5 Å². The number of carbonyl (C=O) groups is 1. The van der Waals surface area contributed by atoms with Crippen LogP contribution < -0.4 is 0 Å². The zero-order chi connectivity index (χ0) is 15.7. The number of fused-ring (bicyclic) bond motifs is 1. The summed E-state index contributed by atoms with van der Waals surface area (Å²) in [6, 6.07) is 11.1. The first-order valence-electron chi connectivity index (χ1n) is 6.28. The Balaban J connectivity index is 2.11. The molecule has 0 atom stereocenters. The molecule has 0 bridgehead atoms. The van der Waals surface area contributed by atoms with Crippen molar-refractivity contribution in [2.45, 2.75) is 0 Å². The van der Waals surface area contributed by atoms with Gasteiger partial charge in [0.1, 0.15) is 0 Å². The third-order valence-corrected chi connectivity index (χ3v) is 3.37. The SMILES string of the molecule is O=C1OC(=C=Cc2cc(Cl)ccc2[N+](=O)[O-])c2ccccc21. The summed E-state index contributed by atoms with van der Waals surface area (Å²) >= 11 is 5.86. The second-order valence-corrected chi connectivity index (χ2v) is 4.95. The van der Waals surface area contributed by atoms with E-state index in [-0.39, 0.29) is 17.0 Å². The van der Waals surface area contributed by atoms with Gasteiger partial charge in [0.05, 0.1) is 16.1 Å². The van der Waals surface area contributed by atoms with E-state index in [1.807, 2.05) is 0 Å². The zero-order valence-electron chi connectivity index (χ0n) is 11.1. The highest BCUT2D eigenvalue weighted by atomic mass is 35.5. The fraction of sp³-hybridized carbons (Fsp3) is 0. The quantitative estimate of drug-likeness (QED) is 0.362. The van der Waals surface area contributed by atoms with Gasteiger partial charge in [-0.2, -0.15) is 0 Å². The number of carbonyl (C=O) groups excluding carboxylic acids is 1. The van der Waals surface area contributed by atoms with E-state index >= 15 is 0 Å². The van der Waals surface area contributed by atoms with Crippen molar-refractivity contribution in [3.05, 3.63) is 80.0 Å². The van der Waals surface area contributed by atoms with Gasteiger partial charge < -0.3 is 4.74 Å². The molecule has 1 heterocycles. The van der Waals surface area contributed by atoms with Crippen molar-refractivity contribution in [1.29, 1.82) is 0 Å². The highest BCUT2D eigenvalue weighted by molar-refractivity contribution is 6.30. The van der Waals surface area contributed by atoms with Crippen molar-refractivity contribution in [1.82, 2.24) is 0 Å². The summed E-state index contributed by atoms with van der Waals surface area (Å²) in [6.45, 7) is 0. The monoisotopic (exact) mass is 313 g/mol. The number of halogens is 1. The number of hydrogen-bond donors (Lipinski definition) is 0. The molecule has 0 saturated heterocycles. The maximum absolute atomic E-state index is 11.7. The molecule has 0 fully saturated rings. The number of nitro benzene ring substituents is 1. The average molecular weight is 314 g/mol. The second-order valence-electron chi connectivity index (χ2n) is 4.51. The summed E-state index contributed by atoms with van der Waals surface area (Å²) in [7, 11) is 0. The second kappa shape index (κ2) is 5.48. The fourth-order valence-electron chi connectivity index (χ4n) is 2.12. The Hall–Kier alpha value is -2.88. The average Bonchev–Trinajstić information content (AvgIpc) is 2.82. The van der Waals surface area contributed by atoms with Gasteiger partial charge in [0.2, 0.25) is 0 Å². The van der Waals surface area contributed by atoms with E-state index < -0.39 is 10.9 Å². The topological polar surface area (TPSA) is 69.4 Å². The van der Waals surface area contributed by atoms with Crippen molar-refractivity contribution in [3.8, 4) is 0 Å². The van der Waals surface area contributed by atoms with Crippen LogP contribution in [-0.2, 0) is 4.74 Å². The first kappa shape index (κ1) is 14.1. The molecule has 0 spiro atoms. The van der Waals surface area contributed by atoms with Gasteiger partial charge in [-0.05, 0) is 30.3 Å². The molecule has 0 unspecified atom stereocenters. The lowest BCUT2D eigenvalue weighted by molar-refractivity contribution is -0.385. The lowest BCUT2D eigenvalue weighted by Gasteiger charge is -1.97. The minimum absolute atomic E-state index is 0.102. The highest BCUT2D eigenvalue weighted by Crippen LogP contribution is 2.29. The molecule has 0 radical (unpaired) electrons. The van der Waals surface area contributed by atoms with E-state index in [1.54, 1.807) is 24.3 Å². The predicted molar refractivity (Wildman–Crippen MR) is 81.3 cm³/mol. The predicted octanol–water partition coefficient (Wildman–Crippen LogP) is 4.07. The number of hydrogen-bond acceptors (Lipinski definition) is 4. The third-order valence-electron chi connectivity index (χ3n) is 3.13. The summed E-state index contributed by atoms with van der Waals surface area (Å²) in [5.41, 5.74) is 4.02. The van der Waals surface area contributed by atoms with E-state index in [0.29, 0.717) is 16.1 Å². The van der Waals surface area contributed by atoms with E-state index in [2.05, 4.69) is 5.73 Å². The molecule has 0 aromatic heterocycles. The van der Waals surface area contributed by atoms with Gasteiger partial charge in [0, 0.05) is 16.7 Å². The molecule has 2 aromatic rings. The maximum atomic E-state index is 11.7. The Kier molecular flexibility index (Phi) is 3.51. The lowest BCUT2D eigenvalue weighted by Crippen LogP contribution is -1.92. The van der Waals surface area contributed by atoms with Gasteiger partial charge in [-0.15, -0.1) is 0 Å². The smallest absolute Gasteiger partial charge is 0.344 e. The molecule has 5 nitrogen and oxygen atoms in total. The largest absolute Gasteiger partial charge is 0.414 e. The third kappa shape index (κ3) is 2.51. The molecule has 0 saturated carbocycles. The number of ether oxygens (including phenoxy) is 1. The Morgan fingerprint density at radius 2 is 1.91 bits per heavy atom. The van der Waals surface area contributed by atoms with Gasteiger partial charge in [0.15, 0.2) is 5.76 Å². The van der Waals surface area contributed by atoms with Gasteiger partial charge in [-0.3, -0.25) is 10.1 Å². The molecule has 22 heavy (non-hydrogen) atoms. The molecule has 3 rings (SSSR count). The maximum Gasteiger partial charge on any atom is 0.344 e. The summed E-state index contributed by atoms with van der Waals surface area (Å²) < 4.78 is 5.12. The van der Waals surface area contributed by atoms with Crippen molar-refractivity contribution in [2.24, 2.45) is 0 Å². The molecule has 0 N–H and O–H groups in total. The first-order chi connectivity index (χ1) is 10.6. The van der Waals surface area contributed by atoms with Crippen LogP contribution in [-0.4, -0.2) is 10.9 Å². The Morgan fingerprint density at radius 1 is 1.18 bits per heavy atom. The van der Waals surface area contributed by atoms with Gasteiger partial charge in [-0.1, -0.05) is 29.5 Å². The Labute approximate surface area is 130 Å². The van der Waals surface area contributed by atoms with Crippen LogP contribution in [0.4, 0.5) is 5.69 Å².